The molecule has 0 saturated heterocycles. The second-order valence-electron chi connectivity index (χ2n) is 5.46. The highest BCUT2D eigenvalue weighted by atomic mass is 14.9. The van der Waals surface area contributed by atoms with Crippen LogP contribution >= 0.6 is 0 Å². The van der Waals surface area contributed by atoms with Crippen molar-refractivity contribution in [2.45, 2.75) is 65.3 Å². The lowest BCUT2D eigenvalue weighted by molar-refractivity contribution is 0.485. The van der Waals surface area contributed by atoms with Gasteiger partial charge in [-0.2, -0.15) is 0 Å². The fourth-order valence-corrected chi connectivity index (χ4v) is 2.38. The van der Waals surface area contributed by atoms with E-state index in [1.165, 1.54) is 48.8 Å². The second-order valence-corrected chi connectivity index (χ2v) is 5.46. The first-order valence-corrected chi connectivity index (χ1v) is 7.40. The Balaban J connectivity index is 2.44. The standard InChI is InChI=1S/C17H29N/c1-5-6-7-8-9-17(18-4)13-16-11-10-14(2)15(3)12-16/h10-12,17-18H,5-9,13H2,1-4H3. The van der Waals surface area contributed by atoms with Crippen molar-refractivity contribution in [2.75, 3.05) is 7.05 Å². The van der Waals surface area contributed by atoms with E-state index in [9.17, 15) is 0 Å². The van der Waals surface area contributed by atoms with E-state index in [0.29, 0.717) is 6.04 Å². The second kappa shape index (κ2) is 8.31. The summed E-state index contributed by atoms with van der Waals surface area (Å²) in [7, 11) is 2.09. The zero-order chi connectivity index (χ0) is 13.4. The summed E-state index contributed by atoms with van der Waals surface area (Å²) in [5, 5.41) is 3.46. The van der Waals surface area contributed by atoms with Gasteiger partial charge in [0, 0.05) is 6.04 Å². The molecule has 0 aliphatic heterocycles. The maximum Gasteiger partial charge on any atom is 0.0104 e. The molecule has 1 N–H and O–H groups in total. The van der Waals surface area contributed by atoms with Crippen molar-refractivity contribution < 1.29 is 0 Å². The molecule has 1 rings (SSSR count). The predicted molar refractivity (Wildman–Crippen MR) is 81.2 cm³/mol. The lowest BCUT2D eigenvalue weighted by Gasteiger charge is -2.17. The topological polar surface area (TPSA) is 12.0 Å². The quantitative estimate of drug-likeness (QED) is 0.671. The van der Waals surface area contributed by atoms with E-state index >= 15 is 0 Å². The summed E-state index contributed by atoms with van der Waals surface area (Å²) in [6.07, 6.45) is 7.88. The Morgan fingerprint density at radius 1 is 1.06 bits per heavy atom. The molecule has 0 heterocycles. The van der Waals surface area contributed by atoms with Crippen molar-refractivity contribution in [1.29, 1.82) is 0 Å². The summed E-state index contributed by atoms with van der Waals surface area (Å²) in [6, 6.07) is 7.49. The predicted octanol–water partition coefficient (Wildman–Crippen LogP) is 4.40. The summed E-state index contributed by atoms with van der Waals surface area (Å²) in [5.74, 6) is 0. The van der Waals surface area contributed by atoms with E-state index in [-0.39, 0.29) is 0 Å². The molecule has 1 unspecified atom stereocenters. The summed E-state index contributed by atoms with van der Waals surface area (Å²) >= 11 is 0. The first-order valence-electron chi connectivity index (χ1n) is 7.40. The third kappa shape index (κ3) is 5.22. The SMILES string of the molecule is CCCCCCC(Cc1ccc(C)c(C)c1)NC. The van der Waals surface area contributed by atoms with E-state index in [1.54, 1.807) is 0 Å². The molecule has 1 aromatic carbocycles. The van der Waals surface area contributed by atoms with E-state index in [2.05, 4.69) is 51.3 Å². The highest BCUT2D eigenvalue weighted by molar-refractivity contribution is 5.30. The average Bonchev–Trinajstić information content (AvgIpc) is 2.37. The normalized spacial score (nSPS) is 12.7. The summed E-state index contributed by atoms with van der Waals surface area (Å²) in [5.41, 5.74) is 4.27. The molecule has 0 radical (unpaired) electrons. The third-order valence-electron chi connectivity index (χ3n) is 3.87. The van der Waals surface area contributed by atoms with Gasteiger partial charge >= 0.3 is 0 Å². The molecule has 0 aliphatic carbocycles. The van der Waals surface area contributed by atoms with Gasteiger partial charge in [-0.1, -0.05) is 50.8 Å². The fourth-order valence-electron chi connectivity index (χ4n) is 2.38. The van der Waals surface area contributed by atoms with Gasteiger partial charge in [0.15, 0.2) is 0 Å². The lowest BCUT2D eigenvalue weighted by Crippen LogP contribution is -2.27. The molecule has 1 aromatic rings. The van der Waals surface area contributed by atoms with Crippen molar-refractivity contribution in [3.05, 3.63) is 34.9 Å². The Hall–Kier alpha value is -0.820. The Morgan fingerprint density at radius 2 is 1.83 bits per heavy atom. The van der Waals surface area contributed by atoms with Crippen LogP contribution in [-0.4, -0.2) is 13.1 Å². The van der Waals surface area contributed by atoms with Crippen molar-refractivity contribution >= 4 is 0 Å². The monoisotopic (exact) mass is 247 g/mol. The van der Waals surface area contributed by atoms with E-state index < -0.39 is 0 Å². The average molecular weight is 247 g/mol. The molecule has 1 heteroatoms. The maximum atomic E-state index is 3.46. The minimum absolute atomic E-state index is 0.629. The minimum atomic E-state index is 0.629. The zero-order valence-electron chi connectivity index (χ0n) is 12.6. The van der Waals surface area contributed by atoms with Crippen molar-refractivity contribution in [3.8, 4) is 0 Å². The van der Waals surface area contributed by atoms with Gasteiger partial charge in [-0.05, 0) is 50.4 Å². The van der Waals surface area contributed by atoms with Crippen LogP contribution in [0.3, 0.4) is 0 Å². The highest BCUT2D eigenvalue weighted by Crippen LogP contribution is 2.14. The van der Waals surface area contributed by atoms with Crippen molar-refractivity contribution in [3.63, 3.8) is 0 Å². The van der Waals surface area contributed by atoms with Crippen molar-refractivity contribution in [1.82, 2.24) is 5.32 Å². The van der Waals surface area contributed by atoms with Crippen LogP contribution in [0.4, 0.5) is 0 Å². The van der Waals surface area contributed by atoms with Gasteiger partial charge in [0.1, 0.15) is 0 Å². The Labute approximate surface area is 113 Å². The number of likely N-dealkylation sites (N-methyl/N-ethyl adjacent to an activating group) is 1. The van der Waals surface area contributed by atoms with Crippen LogP contribution in [0.25, 0.3) is 0 Å². The number of unbranched alkanes of at least 4 members (excludes halogenated alkanes) is 3. The molecular weight excluding hydrogens is 218 g/mol. The maximum absolute atomic E-state index is 3.46. The lowest BCUT2D eigenvalue weighted by atomic mass is 9.97. The molecule has 0 spiro atoms. The molecule has 18 heavy (non-hydrogen) atoms. The number of benzene rings is 1. The van der Waals surface area contributed by atoms with Crippen molar-refractivity contribution in [2.24, 2.45) is 0 Å². The van der Waals surface area contributed by atoms with E-state index in [1.807, 2.05) is 0 Å². The van der Waals surface area contributed by atoms with Gasteiger partial charge in [0.05, 0.1) is 0 Å². The first-order chi connectivity index (χ1) is 8.67. The van der Waals surface area contributed by atoms with Crippen LogP contribution in [0, 0.1) is 13.8 Å². The molecule has 0 fully saturated rings. The van der Waals surface area contributed by atoms with E-state index in [0.717, 1.165) is 6.42 Å². The molecule has 102 valence electrons. The van der Waals surface area contributed by atoms with E-state index in [4.69, 9.17) is 0 Å². The largest absolute Gasteiger partial charge is 0.317 e. The molecule has 0 saturated carbocycles. The van der Waals surface area contributed by atoms with Crippen LogP contribution < -0.4 is 5.32 Å². The summed E-state index contributed by atoms with van der Waals surface area (Å²) in [6.45, 7) is 6.65. The number of nitrogens with one attached hydrogen (secondary N) is 1. The van der Waals surface area contributed by atoms with Crippen LogP contribution in [-0.2, 0) is 6.42 Å². The summed E-state index contributed by atoms with van der Waals surface area (Å²) < 4.78 is 0. The molecule has 1 nitrogen and oxygen atoms in total. The smallest absolute Gasteiger partial charge is 0.0104 e. The number of rotatable bonds is 8. The fraction of sp³-hybridized carbons (Fsp3) is 0.647. The molecule has 0 aromatic heterocycles. The van der Waals surface area contributed by atoms with Gasteiger partial charge in [0.25, 0.3) is 0 Å². The Morgan fingerprint density at radius 3 is 2.44 bits per heavy atom. The number of aryl methyl sites for hydroxylation is 2. The molecule has 0 bridgehead atoms. The highest BCUT2D eigenvalue weighted by Gasteiger charge is 2.07. The molecule has 0 aliphatic rings. The van der Waals surface area contributed by atoms with Crippen LogP contribution in [0.15, 0.2) is 18.2 Å². The Kier molecular flexibility index (Phi) is 7.04. The molecule has 1 atom stereocenters. The van der Waals surface area contributed by atoms with Gasteiger partial charge in [0.2, 0.25) is 0 Å². The van der Waals surface area contributed by atoms with Gasteiger partial charge in [-0.3, -0.25) is 0 Å². The molecule has 0 amide bonds. The molecular formula is C17H29N. The van der Waals surface area contributed by atoms with Crippen LogP contribution in [0.1, 0.15) is 55.7 Å². The third-order valence-corrected chi connectivity index (χ3v) is 3.87. The van der Waals surface area contributed by atoms with Crippen LogP contribution in [0.5, 0.6) is 0 Å². The summed E-state index contributed by atoms with van der Waals surface area (Å²) in [4.78, 5) is 0. The number of hydrogen-bond acceptors (Lipinski definition) is 1. The van der Waals surface area contributed by atoms with Gasteiger partial charge in [-0.25, -0.2) is 0 Å². The number of hydrogen-bond donors (Lipinski definition) is 1. The van der Waals surface area contributed by atoms with Gasteiger partial charge in [-0.15, -0.1) is 0 Å². The van der Waals surface area contributed by atoms with Crippen LogP contribution in [0.2, 0.25) is 0 Å². The Bertz CT molecular complexity index is 343. The first kappa shape index (κ1) is 15.2. The minimum Gasteiger partial charge on any atom is -0.317 e. The van der Waals surface area contributed by atoms with Gasteiger partial charge < -0.3 is 5.32 Å². The zero-order valence-corrected chi connectivity index (χ0v) is 12.6.